The molecule has 0 aliphatic carbocycles. The van der Waals surface area contributed by atoms with Crippen LogP contribution in [-0.4, -0.2) is 77.8 Å². The molecule has 278 valence electrons. The Morgan fingerprint density at radius 2 is 1.40 bits per heavy atom. The lowest BCUT2D eigenvalue weighted by atomic mass is 10.0. The van der Waals surface area contributed by atoms with E-state index in [4.69, 9.17) is 9.72 Å². The first-order valence-electron chi connectivity index (χ1n) is 18.5. The number of H-pyrrole nitrogens is 2. The number of benzene rings is 2. The number of ether oxygens (including phenoxy) is 1. The number of carbonyl (C=O) groups excluding carboxylic acids is 3. The first kappa shape index (κ1) is 35.4. The van der Waals surface area contributed by atoms with E-state index in [1.54, 1.807) is 23.5 Å². The van der Waals surface area contributed by atoms with Crippen LogP contribution >= 0.6 is 0 Å². The fourth-order valence-electron chi connectivity index (χ4n) is 7.57. The highest BCUT2D eigenvalue weighted by molar-refractivity contribution is 5.87. The third-order valence-electron chi connectivity index (χ3n) is 10.4. The summed E-state index contributed by atoms with van der Waals surface area (Å²) in [6.07, 6.45) is 11.9. The highest BCUT2D eigenvalue weighted by atomic mass is 16.5. The lowest BCUT2D eigenvalue weighted by Crippen LogP contribution is -2.42. The molecule has 8 rings (SSSR count). The van der Waals surface area contributed by atoms with Crippen LogP contribution in [0.1, 0.15) is 66.6 Å². The Morgan fingerprint density at radius 1 is 0.745 bits per heavy atom. The number of hydrogen-bond donors (Lipinski definition) is 3. The standard InChI is InChI=1S/C42H41N9O4/c1-55-42(54)49-38(30-9-3-2-4-10-30)41(53)51-21-7-12-36(51)40-45-25-33(47-40)29-15-13-28(14-16-29)32-18-17-31(24-44-32)34-26-46-39(48-34)35-11-6-20-50(35)37(52)22-27-8-5-19-43-23-27/h2-5,8-10,13-19,23-26,35-36,38H,6-7,11-12,20-22H2,1H3,(H,45,47)(H,46,48)(H,49,54)/t35-,36-,38+/m0/s1. The Balaban J connectivity index is 0.921. The molecule has 55 heavy (non-hydrogen) atoms. The molecule has 2 saturated heterocycles. The number of rotatable bonds is 10. The fourth-order valence-corrected chi connectivity index (χ4v) is 7.57. The van der Waals surface area contributed by atoms with E-state index in [1.165, 1.54) is 7.11 Å². The third-order valence-corrected chi connectivity index (χ3v) is 10.4. The number of aromatic nitrogens is 6. The minimum Gasteiger partial charge on any atom is -0.453 e. The molecule has 2 aliphatic heterocycles. The molecular weight excluding hydrogens is 695 g/mol. The molecule has 0 saturated carbocycles. The minimum absolute atomic E-state index is 0.0782. The Morgan fingerprint density at radius 3 is 2.05 bits per heavy atom. The quantitative estimate of drug-likeness (QED) is 0.142. The summed E-state index contributed by atoms with van der Waals surface area (Å²) in [4.78, 5) is 68.0. The van der Waals surface area contributed by atoms with Gasteiger partial charge in [-0.05, 0) is 60.6 Å². The maximum Gasteiger partial charge on any atom is 0.407 e. The average molecular weight is 736 g/mol. The molecule has 2 aliphatic rings. The Bertz CT molecular complexity index is 2260. The first-order chi connectivity index (χ1) is 26.9. The molecule has 3 amide bonds. The molecule has 6 aromatic rings. The second-order valence-electron chi connectivity index (χ2n) is 13.8. The predicted octanol–water partition coefficient (Wildman–Crippen LogP) is 6.59. The van der Waals surface area contributed by atoms with E-state index >= 15 is 0 Å². The van der Waals surface area contributed by atoms with Gasteiger partial charge in [-0.1, -0.05) is 60.7 Å². The van der Waals surface area contributed by atoms with E-state index < -0.39 is 12.1 Å². The molecule has 3 N–H and O–H groups in total. The van der Waals surface area contributed by atoms with Crippen molar-refractivity contribution < 1.29 is 19.1 Å². The van der Waals surface area contributed by atoms with Crippen LogP contribution < -0.4 is 5.32 Å². The highest BCUT2D eigenvalue weighted by Gasteiger charge is 2.37. The van der Waals surface area contributed by atoms with Gasteiger partial charge in [-0.15, -0.1) is 0 Å². The second kappa shape index (κ2) is 15.8. The van der Waals surface area contributed by atoms with Gasteiger partial charge in [0.1, 0.15) is 17.7 Å². The molecule has 4 aromatic heterocycles. The van der Waals surface area contributed by atoms with Crippen LogP contribution in [0.25, 0.3) is 33.8 Å². The van der Waals surface area contributed by atoms with Crippen molar-refractivity contribution in [3.05, 3.63) is 133 Å². The van der Waals surface area contributed by atoms with Gasteiger partial charge in [0.2, 0.25) is 5.91 Å². The average Bonchev–Trinajstić information content (AvgIpc) is 4.08. The maximum atomic E-state index is 13.9. The van der Waals surface area contributed by atoms with Gasteiger partial charge in [0.05, 0.1) is 55.1 Å². The van der Waals surface area contributed by atoms with Crippen LogP contribution in [0.3, 0.4) is 0 Å². The van der Waals surface area contributed by atoms with Gasteiger partial charge in [0, 0.05) is 42.8 Å². The van der Waals surface area contributed by atoms with Gasteiger partial charge in [0.25, 0.3) is 5.91 Å². The van der Waals surface area contributed by atoms with Crippen molar-refractivity contribution in [2.45, 2.75) is 50.2 Å². The van der Waals surface area contributed by atoms with Crippen molar-refractivity contribution in [2.24, 2.45) is 0 Å². The van der Waals surface area contributed by atoms with E-state index in [2.05, 4.69) is 30.2 Å². The molecule has 13 heteroatoms. The lowest BCUT2D eigenvalue weighted by Gasteiger charge is -2.28. The van der Waals surface area contributed by atoms with Crippen LogP contribution in [0.5, 0.6) is 0 Å². The van der Waals surface area contributed by atoms with E-state index in [9.17, 15) is 14.4 Å². The number of aromatic amines is 2. The van der Waals surface area contributed by atoms with Crippen LogP contribution in [0.4, 0.5) is 4.79 Å². The minimum atomic E-state index is -0.876. The summed E-state index contributed by atoms with van der Waals surface area (Å²) in [7, 11) is 1.28. The van der Waals surface area contributed by atoms with Gasteiger partial charge < -0.3 is 29.8 Å². The Labute approximate surface area is 318 Å². The summed E-state index contributed by atoms with van der Waals surface area (Å²) in [5, 5.41) is 2.71. The van der Waals surface area contributed by atoms with Crippen LogP contribution in [-0.2, 0) is 20.7 Å². The van der Waals surface area contributed by atoms with Crippen LogP contribution in [0.15, 0.2) is 110 Å². The summed E-state index contributed by atoms with van der Waals surface area (Å²) >= 11 is 0. The van der Waals surface area contributed by atoms with Crippen molar-refractivity contribution in [3.8, 4) is 33.8 Å². The van der Waals surface area contributed by atoms with E-state index in [0.29, 0.717) is 30.9 Å². The number of alkyl carbamates (subject to hydrolysis) is 1. The molecule has 0 radical (unpaired) electrons. The summed E-state index contributed by atoms with van der Waals surface area (Å²) in [6.45, 7) is 1.27. The van der Waals surface area contributed by atoms with Crippen molar-refractivity contribution in [1.82, 2.24) is 45.0 Å². The van der Waals surface area contributed by atoms with E-state index in [-0.39, 0.29) is 23.9 Å². The number of carbonyl (C=O) groups is 3. The van der Waals surface area contributed by atoms with Gasteiger partial charge in [-0.2, -0.15) is 0 Å². The summed E-state index contributed by atoms with van der Waals surface area (Å²) in [5.74, 6) is 1.35. The summed E-state index contributed by atoms with van der Waals surface area (Å²) in [5.41, 5.74) is 6.93. The van der Waals surface area contributed by atoms with E-state index in [1.807, 2.05) is 96.2 Å². The third kappa shape index (κ3) is 7.59. The molecular formula is C42H41N9O4. The topological polar surface area (TPSA) is 162 Å². The molecule has 3 atom stereocenters. The zero-order valence-corrected chi connectivity index (χ0v) is 30.4. The highest BCUT2D eigenvalue weighted by Crippen LogP contribution is 2.35. The molecule has 13 nitrogen and oxygen atoms in total. The molecule has 0 spiro atoms. The smallest absolute Gasteiger partial charge is 0.407 e. The molecule has 2 fully saturated rings. The zero-order valence-electron chi connectivity index (χ0n) is 30.4. The summed E-state index contributed by atoms with van der Waals surface area (Å²) in [6, 6.07) is 23.8. The van der Waals surface area contributed by atoms with Gasteiger partial charge >= 0.3 is 6.09 Å². The van der Waals surface area contributed by atoms with Crippen molar-refractivity contribution in [2.75, 3.05) is 20.2 Å². The van der Waals surface area contributed by atoms with Crippen molar-refractivity contribution in [3.63, 3.8) is 0 Å². The van der Waals surface area contributed by atoms with Gasteiger partial charge in [0.15, 0.2) is 0 Å². The SMILES string of the molecule is COC(=O)N[C@@H](C(=O)N1CCC[C@H]1c1ncc(-c2ccc(-c3ccc(-c4cnc([C@@H]5CCCN5C(=O)Cc5cccnc5)[nH]4)cn3)cc2)[nH]1)c1ccccc1. The zero-order chi connectivity index (χ0) is 37.7. The van der Waals surface area contributed by atoms with Gasteiger partial charge in [-0.3, -0.25) is 19.6 Å². The Kier molecular flexibility index (Phi) is 10.1. The fraction of sp³-hybridized carbons (Fsp3) is 0.262. The molecule has 2 aromatic carbocycles. The number of amides is 3. The number of nitrogens with zero attached hydrogens (tertiary/aromatic N) is 6. The predicted molar refractivity (Wildman–Crippen MR) is 205 cm³/mol. The van der Waals surface area contributed by atoms with E-state index in [0.717, 1.165) is 70.8 Å². The molecule has 6 heterocycles. The number of imidazole rings is 2. The number of likely N-dealkylation sites (tertiary alicyclic amines) is 2. The second-order valence-corrected chi connectivity index (χ2v) is 13.8. The molecule has 0 bridgehead atoms. The maximum absolute atomic E-state index is 13.9. The normalized spacial score (nSPS) is 17.3. The molecule has 0 unspecified atom stereocenters. The van der Waals surface area contributed by atoms with Crippen LogP contribution in [0.2, 0.25) is 0 Å². The largest absolute Gasteiger partial charge is 0.453 e. The van der Waals surface area contributed by atoms with Gasteiger partial charge in [-0.25, -0.2) is 14.8 Å². The van der Waals surface area contributed by atoms with Crippen molar-refractivity contribution >= 4 is 17.9 Å². The number of hydrogen-bond acceptors (Lipinski definition) is 8. The number of pyridine rings is 2. The summed E-state index contributed by atoms with van der Waals surface area (Å²) < 4.78 is 4.82. The van der Waals surface area contributed by atoms with Crippen LogP contribution in [0, 0.1) is 0 Å². The Hall–Kier alpha value is -6.63. The van der Waals surface area contributed by atoms with Crippen molar-refractivity contribution in [1.29, 1.82) is 0 Å². The first-order valence-corrected chi connectivity index (χ1v) is 18.5. The number of nitrogens with one attached hydrogen (secondary N) is 3. The number of methoxy groups -OCH3 is 1. The monoisotopic (exact) mass is 735 g/mol. The lowest BCUT2D eigenvalue weighted by molar-refractivity contribution is -0.134.